The zero-order valence-corrected chi connectivity index (χ0v) is 17.8. The van der Waals surface area contributed by atoms with Gasteiger partial charge in [0.15, 0.2) is 5.78 Å². The van der Waals surface area contributed by atoms with Crippen molar-refractivity contribution in [1.82, 2.24) is 8.96 Å². The third kappa shape index (κ3) is 4.15. The minimum absolute atomic E-state index is 0.249. The maximum atomic E-state index is 13.7. The fraction of sp³-hybridized carbons (Fsp3) is 0.130. The van der Waals surface area contributed by atoms with Gasteiger partial charge in [-0.3, -0.25) is 4.79 Å². The van der Waals surface area contributed by atoms with Crippen LogP contribution in [0.5, 0.6) is 5.88 Å². The van der Waals surface area contributed by atoms with E-state index in [-0.39, 0.29) is 5.78 Å². The first kappa shape index (κ1) is 20.6. The molecule has 7 nitrogen and oxygen atoms in total. The van der Waals surface area contributed by atoms with E-state index < -0.39 is 16.1 Å². The van der Waals surface area contributed by atoms with Gasteiger partial charge < -0.3 is 10.1 Å². The number of Topliss-reactive ketones (excluding diaryl/α,β-unsaturated/α-hetero) is 1. The van der Waals surface area contributed by atoms with Crippen LogP contribution in [0.4, 0.5) is 5.69 Å². The second kappa shape index (κ2) is 8.23. The molecule has 0 fully saturated rings. The molecule has 4 aromatic rings. The van der Waals surface area contributed by atoms with Crippen molar-refractivity contribution in [1.29, 1.82) is 0 Å². The number of hydrogen-bond donors (Lipinski definition) is 1. The van der Waals surface area contributed by atoms with Gasteiger partial charge in [0.05, 0.1) is 18.9 Å². The number of fused-ring (bicyclic) bond motifs is 1. The summed E-state index contributed by atoms with van der Waals surface area (Å²) in [6.45, 7) is 0. The normalized spacial score (nSPS) is 12.5. The van der Waals surface area contributed by atoms with Crippen LogP contribution in [0.15, 0.2) is 79.1 Å². The predicted octanol–water partition coefficient (Wildman–Crippen LogP) is 3.89. The van der Waals surface area contributed by atoms with E-state index in [2.05, 4.69) is 10.3 Å². The van der Waals surface area contributed by atoms with Crippen LogP contribution in [0, 0.1) is 0 Å². The fourth-order valence-corrected chi connectivity index (χ4v) is 4.31. The van der Waals surface area contributed by atoms with Crippen molar-refractivity contribution in [2.24, 2.45) is 0 Å². The van der Waals surface area contributed by atoms with Gasteiger partial charge in [-0.1, -0.05) is 48.5 Å². The molecule has 158 valence electrons. The Hall–Kier alpha value is -3.65. The summed E-state index contributed by atoms with van der Waals surface area (Å²) in [6, 6.07) is 18.9. The van der Waals surface area contributed by atoms with Crippen LogP contribution in [-0.2, 0) is 10.0 Å². The van der Waals surface area contributed by atoms with Crippen molar-refractivity contribution in [3.63, 3.8) is 0 Å². The SMILES string of the molecule is COc1cc(NC(C(=O)c2cn(S(C)(=O)=O)c3ccccc23)c2ccccc2)ccn1. The van der Waals surface area contributed by atoms with Crippen LogP contribution in [0.1, 0.15) is 22.0 Å². The molecule has 0 spiro atoms. The largest absolute Gasteiger partial charge is 0.481 e. The lowest BCUT2D eigenvalue weighted by molar-refractivity contribution is 0.0971. The number of rotatable bonds is 7. The minimum Gasteiger partial charge on any atom is -0.481 e. The number of ether oxygens (including phenoxy) is 1. The van der Waals surface area contributed by atoms with E-state index in [1.165, 1.54) is 13.3 Å². The lowest BCUT2D eigenvalue weighted by Gasteiger charge is -2.19. The summed E-state index contributed by atoms with van der Waals surface area (Å²) in [6.07, 6.45) is 4.10. The molecule has 2 aromatic heterocycles. The number of anilines is 1. The molecule has 1 unspecified atom stereocenters. The van der Waals surface area contributed by atoms with E-state index in [1.807, 2.05) is 30.3 Å². The molecule has 0 saturated heterocycles. The van der Waals surface area contributed by atoms with Gasteiger partial charge >= 0.3 is 0 Å². The van der Waals surface area contributed by atoms with Crippen LogP contribution in [0.3, 0.4) is 0 Å². The smallest absolute Gasteiger partial charge is 0.236 e. The average Bonchev–Trinajstić information content (AvgIpc) is 3.18. The third-order valence-electron chi connectivity index (χ3n) is 4.95. The van der Waals surface area contributed by atoms with Gasteiger partial charge in [0.1, 0.15) is 6.04 Å². The molecule has 8 heteroatoms. The second-order valence-electron chi connectivity index (χ2n) is 7.06. The first-order valence-electron chi connectivity index (χ1n) is 9.55. The number of nitrogens with one attached hydrogen (secondary N) is 1. The lowest BCUT2D eigenvalue weighted by Crippen LogP contribution is -2.21. The molecule has 0 saturated carbocycles. The second-order valence-corrected chi connectivity index (χ2v) is 8.92. The van der Waals surface area contributed by atoms with E-state index in [4.69, 9.17) is 4.74 Å². The summed E-state index contributed by atoms with van der Waals surface area (Å²) in [4.78, 5) is 17.8. The summed E-state index contributed by atoms with van der Waals surface area (Å²) < 4.78 is 30.9. The average molecular weight is 436 g/mol. The molecule has 2 aromatic carbocycles. The first-order chi connectivity index (χ1) is 14.9. The molecule has 31 heavy (non-hydrogen) atoms. The van der Waals surface area contributed by atoms with Crippen molar-refractivity contribution in [3.8, 4) is 5.88 Å². The summed E-state index contributed by atoms with van der Waals surface area (Å²) >= 11 is 0. The van der Waals surface area contributed by atoms with Crippen molar-refractivity contribution >= 4 is 32.4 Å². The number of hydrogen-bond acceptors (Lipinski definition) is 6. The maximum Gasteiger partial charge on any atom is 0.236 e. The molecule has 4 rings (SSSR count). The van der Waals surface area contributed by atoms with Crippen molar-refractivity contribution in [2.75, 3.05) is 18.7 Å². The van der Waals surface area contributed by atoms with Crippen molar-refractivity contribution < 1.29 is 17.9 Å². The maximum absolute atomic E-state index is 13.7. The van der Waals surface area contributed by atoms with Crippen molar-refractivity contribution in [3.05, 3.63) is 90.3 Å². The molecule has 1 atom stereocenters. The van der Waals surface area contributed by atoms with Crippen LogP contribution < -0.4 is 10.1 Å². The highest BCUT2D eigenvalue weighted by Gasteiger charge is 2.27. The molecule has 0 aliphatic rings. The molecular formula is C23H21N3O4S. The van der Waals surface area contributed by atoms with Crippen LogP contribution in [0.2, 0.25) is 0 Å². The number of carbonyl (C=O) groups excluding carboxylic acids is 1. The minimum atomic E-state index is -3.58. The molecular weight excluding hydrogens is 414 g/mol. The van der Waals surface area contributed by atoms with Gasteiger partial charge in [0.2, 0.25) is 15.9 Å². The Morgan fingerprint density at radius 1 is 1.06 bits per heavy atom. The molecule has 0 amide bonds. The van der Waals surface area contributed by atoms with Gasteiger partial charge in [-0.15, -0.1) is 0 Å². The van der Waals surface area contributed by atoms with Crippen LogP contribution in [0.25, 0.3) is 10.9 Å². The number of ketones is 1. The summed E-state index contributed by atoms with van der Waals surface area (Å²) in [5.41, 5.74) is 2.19. The quantitative estimate of drug-likeness (QED) is 0.443. The topological polar surface area (TPSA) is 90.3 Å². The van der Waals surface area contributed by atoms with Crippen LogP contribution in [-0.4, -0.2) is 36.5 Å². The number of carbonyl (C=O) groups is 1. The zero-order chi connectivity index (χ0) is 22.0. The number of para-hydroxylation sites is 1. The van der Waals surface area contributed by atoms with E-state index >= 15 is 0 Å². The zero-order valence-electron chi connectivity index (χ0n) is 17.0. The molecule has 0 bridgehead atoms. The Labute approximate surface area is 180 Å². The predicted molar refractivity (Wildman–Crippen MR) is 120 cm³/mol. The van der Waals surface area contributed by atoms with Gasteiger partial charge in [-0.05, 0) is 17.7 Å². The van der Waals surface area contributed by atoms with E-state index in [0.717, 1.165) is 15.8 Å². The number of pyridine rings is 1. The van der Waals surface area contributed by atoms with Gasteiger partial charge in [-0.2, -0.15) is 0 Å². The Morgan fingerprint density at radius 3 is 2.48 bits per heavy atom. The summed E-state index contributed by atoms with van der Waals surface area (Å²) in [5, 5.41) is 3.83. The van der Waals surface area contributed by atoms with Gasteiger partial charge in [0.25, 0.3) is 0 Å². The molecule has 1 N–H and O–H groups in total. The first-order valence-corrected chi connectivity index (χ1v) is 11.4. The van der Waals surface area contributed by atoms with E-state index in [1.54, 1.807) is 42.6 Å². The number of aromatic nitrogens is 2. The molecule has 0 aliphatic carbocycles. The van der Waals surface area contributed by atoms with Crippen molar-refractivity contribution in [2.45, 2.75) is 6.04 Å². The van der Waals surface area contributed by atoms with E-state index in [9.17, 15) is 13.2 Å². The Bertz CT molecular complexity index is 1350. The van der Waals surface area contributed by atoms with Gasteiger partial charge in [-0.25, -0.2) is 17.4 Å². The van der Waals surface area contributed by atoms with E-state index in [0.29, 0.717) is 28.0 Å². The third-order valence-corrected chi connectivity index (χ3v) is 5.97. The van der Waals surface area contributed by atoms with Crippen LogP contribution >= 0.6 is 0 Å². The summed E-state index contributed by atoms with van der Waals surface area (Å²) in [5.74, 6) is 0.165. The molecule has 2 heterocycles. The highest BCUT2D eigenvalue weighted by molar-refractivity contribution is 7.89. The highest BCUT2D eigenvalue weighted by Crippen LogP contribution is 2.30. The number of benzene rings is 2. The number of methoxy groups -OCH3 is 1. The lowest BCUT2D eigenvalue weighted by atomic mass is 9.96. The molecule has 0 radical (unpaired) electrons. The monoisotopic (exact) mass is 435 g/mol. The fourth-order valence-electron chi connectivity index (χ4n) is 3.50. The summed E-state index contributed by atoms with van der Waals surface area (Å²) in [7, 11) is -2.06. The Morgan fingerprint density at radius 2 is 1.77 bits per heavy atom. The molecule has 0 aliphatic heterocycles. The Kier molecular flexibility index (Phi) is 5.48. The van der Waals surface area contributed by atoms with Gasteiger partial charge in [0, 0.05) is 35.1 Å². The highest BCUT2D eigenvalue weighted by atomic mass is 32.2. The number of nitrogens with zero attached hydrogens (tertiary/aromatic N) is 2. The standard InChI is InChI=1S/C23H21N3O4S/c1-30-21-14-17(12-13-24-21)25-22(16-8-4-3-5-9-16)23(27)19-15-26(31(2,28)29)20-11-7-6-10-18(19)20/h3-15,22H,1-2H3,(H,24,25). The Balaban J connectivity index is 1.84.